The van der Waals surface area contributed by atoms with Crippen molar-refractivity contribution in [3.05, 3.63) is 60.2 Å². The van der Waals surface area contributed by atoms with Crippen molar-refractivity contribution in [2.45, 2.75) is 17.4 Å². The van der Waals surface area contributed by atoms with E-state index in [1.165, 1.54) is 36.4 Å². The molecule has 34 heavy (non-hydrogen) atoms. The molecule has 0 saturated heterocycles. The fourth-order valence-electron chi connectivity index (χ4n) is 3.02. The summed E-state index contributed by atoms with van der Waals surface area (Å²) in [4.78, 5) is 28.2. The second-order valence-electron chi connectivity index (χ2n) is 7.35. The second-order valence-corrected chi connectivity index (χ2v) is 9.06. The summed E-state index contributed by atoms with van der Waals surface area (Å²) in [5, 5.41) is 18.1. The highest BCUT2D eigenvalue weighted by Crippen LogP contribution is 2.12. The monoisotopic (exact) mass is 489 g/mol. The number of carbonyl (C=O) groups excluding carboxylic acids is 1. The van der Waals surface area contributed by atoms with E-state index in [0.717, 1.165) is 25.5 Å². The number of carboxylic acids is 1. The van der Waals surface area contributed by atoms with Gasteiger partial charge in [0.15, 0.2) is 5.96 Å². The van der Waals surface area contributed by atoms with Crippen LogP contribution in [0.3, 0.4) is 0 Å². The first-order chi connectivity index (χ1) is 16.3. The molecule has 1 heterocycles. The molecule has 2 aromatic carbocycles. The zero-order valence-electron chi connectivity index (χ0n) is 18.4. The van der Waals surface area contributed by atoms with Crippen LogP contribution in [0, 0.1) is 0 Å². The van der Waals surface area contributed by atoms with Gasteiger partial charge in [-0.2, -0.15) is 4.72 Å². The zero-order chi connectivity index (χ0) is 24.4. The molecule has 182 valence electrons. The van der Waals surface area contributed by atoms with Crippen LogP contribution in [0.2, 0.25) is 0 Å². The van der Waals surface area contributed by atoms with E-state index in [9.17, 15) is 23.1 Å². The van der Waals surface area contributed by atoms with E-state index in [-0.39, 0.29) is 10.5 Å². The lowest BCUT2D eigenvalue weighted by molar-refractivity contribution is -0.138. The Balaban J connectivity index is 1.47. The van der Waals surface area contributed by atoms with Crippen molar-refractivity contribution < 1.29 is 27.9 Å². The Morgan fingerprint density at radius 1 is 1.12 bits per heavy atom. The summed E-state index contributed by atoms with van der Waals surface area (Å²) in [6, 6.07) is 12.2. The maximum absolute atomic E-state index is 12.4. The number of carbonyl (C=O) groups is 2. The molecule has 0 aliphatic carbocycles. The van der Waals surface area contributed by atoms with Crippen LogP contribution < -0.4 is 25.4 Å². The molecule has 0 saturated carbocycles. The van der Waals surface area contributed by atoms with Crippen LogP contribution in [-0.2, 0) is 14.8 Å². The van der Waals surface area contributed by atoms with Crippen LogP contribution in [0.4, 0.5) is 0 Å². The van der Waals surface area contributed by atoms with E-state index < -0.39 is 34.5 Å². The quantitative estimate of drug-likeness (QED) is 0.279. The van der Waals surface area contributed by atoms with Crippen molar-refractivity contribution in [2.24, 2.45) is 4.99 Å². The molecule has 11 nitrogen and oxygen atoms in total. The summed E-state index contributed by atoms with van der Waals surface area (Å²) < 4.78 is 32.5. The highest BCUT2D eigenvalue weighted by molar-refractivity contribution is 7.89. The first kappa shape index (κ1) is 25.0. The number of sulfonamides is 1. The molecule has 0 fully saturated rings. The smallest absolute Gasteiger partial charge is 0.323 e. The van der Waals surface area contributed by atoms with Gasteiger partial charge in [0.1, 0.15) is 18.4 Å². The van der Waals surface area contributed by atoms with Gasteiger partial charge in [0, 0.05) is 25.2 Å². The number of rotatable bonds is 11. The van der Waals surface area contributed by atoms with Crippen LogP contribution >= 0.6 is 0 Å². The third kappa shape index (κ3) is 7.46. The summed E-state index contributed by atoms with van der Waals surface area (Å²) in [6.45, 7) is 2.22. The van der Waals surface area contributed by atoms with Crippen molar-refractivity contribution in [1.82, 2.24) is 20.7 Å². The Hall–Kier alpha value is -3.64. The van der Waals surface area contributed by atoms with Crippen molar-refractivity contribution in [3.8, 4) is 5.75 Å². The lowest BCUT2D eigenvalue weighted by Gasteiger charge is -2.16. The van der Waals surface area contributed by atoms with Gasteiger partial charge >= 0.3 is 5.97 Å². The second kappa shape index (κ2) is 12.0. The van der Waals surface area contributed by atoms with Crippen LogP contribution in [0.5, 0.6) is 5.75 Å². The molecule has 0 spiro atoms. The lowest BCUT2D eigenvalue weighted by atomic mass is 10.2. The van der Waals surface area contributed by atoms with Gasteiger partial charge < -0.3 is 25.8 Å². The molecule has 0 unspecified atom stereocenters. The van der Waals surface area contributed by atoms with E-state index >= 15 is 0 Å². The number of aliphatic carboxylic acids is 1. The Morgan fingerprint density at radius 3 is 2.50 bits per heavy atom. The molecular weight excluding hydrogens is 462 g/mol. The summed E-state index contributed by atoms with van der Waals surface area (Å²) >= 11 is 0. The van der Waals surface area contributed by atoms with Gasteiger partial charge in [0.05, 0.1) is 11.4 Å². The fourth-order valence-corrected chi connectivity index (χ4v) is 4.23. The third-order valence-electron chi connectivity index (χ3n) is 4.79. The number of hydrogen-bond donors (Lipinski definition) is 5. The van der Waals surface area contributed by atoms with Crippen molar-refractivity contribution in [1.29, 1.82) is 0 Å². The third-order valence-corrected chi connectivity index (χ3v) is 6.28. The van der Waals surface area contributed by atoms with Gasteiger partial charge in [-0.25, -0.2) is 8.42 Å². The lowest BCUT2D eigenvalue weighted by Crippen LogP contribution is -2.48. The van der Waals surface area contributed by atoms with Crippen molar-refractivity contribution in [3.63, 3.8) is 0 Å². The molecule has 0 radical (unpaired) electrons. The topological polar surface area (TPSA) is 158 Å². The standard InChI is InChI=1S/C22H27N5O6S/c28-20(26-15-19(21(29)30)27-34(31,32)18-5-2-1-3-6-18)16-7-9-17(10-8-16)33-14-13-25-22-23-11-4-12-24-22/h1-3,5-10,19,27H,4,11-15H2,(H,26,28)(H,29,30)(H2,23,24,25)/t19-/m0/s1. The SMILES string of the molecule is O=C(NC[C@H](NS(=O)(=O)c1ccccc1)C(=O)O)c1ccc(OCCNC2=NCCCN2)cc1. The maximum atomic E-state index is 12.4. The Bertz CT molecular complexity index is 1110. The van der Waals surface area contributed by atoms with Crippen LogP contribution in [0.15, 0.2) is 64.5 Å². The number of benzene rings is 2. The number of guanidine groups is 1. The van der Waals surface area contributed by atoms with E-state index in [2.05, 4.69) is 25.7 Å². The number of ether oxygens (including phenoxy) is 1. The number of aliphatic imine (C=N–C) groups is 1. The first-order valence-corrected chi connectivity index (χ1v) is 12.2. The number of nitrogens with zero attached hydrogens (tertiary/aromatic N) is 1. The van der Waals surface area contributed by atoms with Gasteiger partial charge in [-0.3, -0.25) is 14.6 Å². The molecule has 1 atom stereocenters. The van der Waals surface area contributed by atoms with Gasteiger partial charge in [-0.1, -0.05) is 18.2 Å². The van der Waals surface area contributed by atoms with Gasteiger partial charge in [-0.15, -0.1) is 0 Å². The van der Waals surface area contributed by atoms with Gasteiger partial charge in [0.2, 0.25) is 10.0 Å². The van der Waals surface area contributed by atoms with E-state index in [1.807, 2.05) is 0 Å². The summed E-state index contributed by atoms with van der Waals surface area (Å²) in [6.07, 6.45) is 1.02. The molecule has 1 aliphatic heterocycles. The van der Waals surface area contributed by atoms with E-state index in [1.54, 1.807) is 18.2 Å². The normalized spacial score (nSPS) is 14.3. The summed E-state index contributed by atoms with van der Waals surface area (Å²) in [5.41, 5.74) is 0.279. The zero-order valence-corrected chi connectivity index (χ0v) is 19.2. The highest BCUT2D eigenvalue weighted by Gasteiger charge is 2.26. The minimum atomic E-state index is -4.06. The minimum absolute atomic E-state index is 0.0682. The average molecular weight is 490 g/mol. The van der Waals surface area contributed by atoms with Gasteiger partial charge in [-0.05, 0) is 42.8 Å². The molecule has 1 amide bonds. The summed E-state index contributed by atoms with van der Waals surface area (Å²) in [5.74, 6) is -0.630. The maximum Gasteiger partial charge on any atom is 0.323 e. The largest absolute Gasteiger partial charge is 0.492 e. The summed E-state index contributed by atoms with van der Waals surface area (Å²) in [7, 11) is -4.06. The molecule has 5 N–H and O–H groups in total. The van der Waals surface area contributed by atoms with E-state index in [4.69, 9.17) is 4.74 Å². The Morgan fingerprint density at radius 2 is 1.85 bits per heavy atom. The molecule has 2 aromatic rings. The number of nitrogens with one attached hydrogen (secondary N) is 4. The first-order valence-electron chi connectivity index (χ1n) is 10.7. The van der Waals surface area contributed by atoms with E-state index in [0.29, 0.717) is 18.9 Å². The van der Waals surface area contributed by atoms with Gasteiger partial charge in [0.25, 0.3) is 5.91 Å². The Labute approximate surface area is 197 Å². The Kier molecular flexibility index (Phi) is 8.82. The predicted molar refractivity (Wildman–Crippen MR) is 125 cm³/mol. The van der Waals surface area contributed by atoms with Crippen molar-refractivity contribution in [2.75, 3.05) is 32.8 Å². The number of amides is 1. The predicted octanol–water partition coefficient (Wildman–Crippen LogP) is 0.166. The van der Waals surface area contributed by atoms with Crippen molar-refractivity contribution >= 4 is 27.9 Å². The molecule has 12 heteroatoms. The minimum Gasteiger partial charge on any atom is -0.492 e. The van der Waals surface area contributed by atoms with Crippen LogP contribution in [0.25, 0.3) is 0 Å². The number of hydrogen-bond acceptors (Lipinski definition) is 8. The molecule has 3 rings (SSSR count). The average Bonchev–Trinajstić information content (AvgIpc) is 2.85. The molecular formula is C22H27N5O6S. The van der Waals surface area contributed by atoms with Crippen LogP contribution in [0.1, 0.15) is 16.8 Å². The fraction of sp³-hybridized carbons (Fsp3) is 0.318. The highest BCUT2D eigenvalue weighted by atomic mass is 32.2. The molecule has 0 aromatic heterocycles. The molecule has 0 bridgehead atoms. The molecule has 1 aliphatic rings. The number of carboxylic acid groups (broad SMARTS) is 1. The van der Waals surface area contributed by atoms with Crippen LogP contribution in [-0.4, -0.2) is 70.2 Å².